The summed E-state index contributed by atoms with van der Waals surface area (Å²) >= 11 is 7.01. The minimum absolute atomic E-state index is 0.00799. The monoisotopic (exact) mass is 623 g/mol. The molecule has 7 nitrogen and oxygen atoms in total. The van der Waals surface area contributed by atoms with Gasteiger partial charge in [0.15, 0.2) is 11.0 Å². The lowest BCUT2D eigenvalue weighted by atomic mass is 10.0. The molecule has 0 aliphatic carbocycles. The van der Waals surface area contributed by atoms with E-state index in [1.807, 2.05) is 37.3 Å². The molecular formula is C31H28F3N5O2S2. The average Bonchev–Trinajstić information content (AvgIpc) is 3.60. The van der Waals surface area contributed by atoms with Gasteiger partial charge >= 0.3 is 6.36 Å². The fourth-order valence-electron chi connectivity index (χ4n) is 4.60. The Kier molecular flexibility index (Phi) is 9.26. The number of amides is 1. The SMILES string of the molecule is CCCc1ccc(C)cc1N1C(=O)CSC1=NC(=S)CCc1ccc(-c2ncn(-c3ccc(OC(F)(F)F)cc3)n2)cc1. The Balaban J connectivity index is 1.21. The van der Waals surface area contributed by atoms with Gasteiger partial charge in [-0.3, -0.25) is 9.69 Å². The maximum atomic E-state index is 12.8. The third-order valence-electron chi connectivity index (χ3n) is 6.65. The Hall–Kier alpha value is -4.03. The number of anilines is 1. The van der Waals surface area contributed by atoms with E-state index in [0.717, 1.165) is 40.8 Å². The molecule has 0 N–H and O–H groups in total. The summed E-state index contributed by atoms with van der Waals surface area (Å²) in [6.07, 6.45) is -0.168. The first-order valence-corrected chi connectivity index (χ1v) is 15.0. The van der Waals surface area contributed by atoms with E-state index in [1.54, 1.807) is 4.90 Å². The quantitative estimate of drug-likeness (QED) is 0.180. The van der Waals surface area contributed by atoms with Gasteiger partial charge < -0.3 is 4.74 Å². The van der Waals surface area contributed by atoms with E-state index >= 15 is 0 Å². The lowest BCUT2D eigenvalue weighted by Crippen LogP contribution is -2.30. The van der Waals surface area contributed by atoms with Crippen molar-refractivity contribution in [1.29, 1.82) is 0 Å². The molecule has 1 aliphatic heterocycles. The number of aliphatic imine (C=N–C) groups is 1. The smallest absolute Gasteiger partial charge is 0.406 e. The van der Waals surface area contributed by atoms with Gasteiger partial charge in [0.05, 0.1) is 17.1 Å². The van der Waals surface area contributed by atoms with Gasteiger partial charge in [0.2, 0.25) is 5.91 Å². The Morgan fingerprint density at radius 1 is 1.07 bits per heavy atom. The first-order valence-electron chi connectivity index (χ1n) is 13.6. The van der Waals surface area contributed by atoms with Gasteiger partial charge in [0, 0.05) is 12.0 Å². The molecule has 0 radical (unpaired) electrons. The zero-order valence-electron chi connectivity index (χ0n) is 23.5. The molecule has 3 aromatic carbocycles. The number of ether oxygens (including phenoxy) is 1. The van der Waals surface area contributed by atoms with Crippen LogP contribution in [0.25, 0.3) is 17.1 Å². The van der Waals surface area contributed by atoms with Gasteiger partial charge in [0.25, 0.3) is 0 Å². The zero-order valence-corrected chi connectivity index (χ0v) is 25.1. The Morgan fingerprint density at radius 2 is 1.81 bits per heavy atom. The van der Waals surface area contributed by atoms with Crippen molar-refractivity contribution in [2.45, 2.75) is 45.9 Å². The first-order chi connectivity index (χ1) is 20.6. The number of halogens is 3. The second-order valence-electron chi connectivity index (χ2n) is 9.94. The zero-order chi connectivity index (χ0) is 30.6. The molecule has 12 heteroatoms. The maximum absolute atomic E-state index is 12.8. The number of hydrogen-bond acceptors (Lipinski definition) is 6. The van der Waals surface area contributed by atoms with Gasteiger partial charge in [-0.05, 0) is 66.8 Å². The van der Waals surface area contributed by atoms with E-state index in [0.29, 0.717) is 40.3 Å². The Bertz CT molecular complexity index is 1650. The molecule has 0 spiro atoms. The first kappa shape index (κ1) is 30.4. The molecule has 1 saturated heterocycles. The number of thiocarbonyl (C=S) groups is 1. The standard InChI is InChI=1S/C31H28F3N5O2S2/c1-3-4-22-9-5-20(2)17-26(22)39-28(40)18-43-30(39)36-27(42)16-8-21-6-10-23(11-7-21)29-35-19-38(37-29)24-12-14-25(15-13-24)41-31(32,33)34/h5-7,9-15,17,19H,3-4,8,16,18H2,1-2H3. The fourth-order valence-corrected chi connectivity index (χ4v) is 5.73. The molecule has 2 heterocycles. The van der Waals surface area contributed by atoms with E-state index in [2.05, 4.69) is 38.9 Å². The minimum Gasteiger partial charge on any atom is -0.406 e. The molecule has 222 valence electrons. The van der Waals surface area contributed by atoms with E-state index < -0.39 is 6.36 Å². The molecule has 4 aromatic rings. The van der Waals surface area contributed by atoms with Crippen LogP contribution in [0.2, 0.25) is 0 Å². The number of thioether (sulfide) groups is 1. The lowest BCUT2D eigenvalue weighted by molar-refractivity contribution is -0.274. The number of nitrogens with zero attached hydrogens (tertiary/aromatic N) is 5. The third-order valence-corrected chi connectivity index (χ3v) is 7.87. The van der Waals surface area contributed by atoms with Gasteiger partial charge in [-0.25, -0.2) is 14.7 Å². The van der Waals surface area contributed by atoms with Crippen molar-refractivity contribution < 1.29 is 22.7 Å². The molecular weight excluding hydrogens is 596 g/mol. The number of hydrogen-bond donors (Lipinski definition) is 0. The molecule has 1 fully saturated rings. The predicted octanol–water partition coefficient (Wildman–Crippen LogP) is 7.49. The van der Waals surface area contributed by atoms with Crippen LogP contribution in [0.4, 0.5) is 18.9 Å². The Morgan fingerprint density at radius 3 is 2.51 bits per heavy atom. The molecule has 0 unspecified atom stereocenters. The highest BCUT2D eigenvalue weighted by Crippen LogP contribution is 2.32. The van der Waals surface area contributed by atoms with Crippen molar-refractivity contribution in [2.24, 2.45) is 4.99 Å². The third kappa shape index (κ3) is 7.68. The predicted molar refractivity (Wildman–Crippen MR) is 167 cm³/mol. The van der Waals surface area contributed by atoms with Gasteiger partial charge in [-0.2, -0.15) is 0 Å². The summed E-state index contributed by atoms with van der Waals surface area (Å²) in [5.41, 5.74) is 5.49. The number of benzene rings is 3. The molecule has 0 bridgehead atoms. The van der Waals surface area contributed by atoms with Gasteiger partial charge in [-0.15, -0.1) is 18.3 Å². The second-order valence-corrected chi connectivity index (χ2v) is 11.4. The maximum Gasteiger partial charge on any atom is 0.573 e. The van der Waals surface area contributed by atoms with Crippen LogP contribution in [-0.4, -0.2) is 42.9 Å². The molecule has 0 saturated carbocycles. The number of amidine groups is 1. The number of alkyl halides is 3. The van der Waals surface area contributed by atoms with E-state index in [9.17, 15) is 18.0 Å². The van der Waals surface area contributed by atoms with Crippen LogP contribution in [-0.2, 0) is 17.6 Å². The molecule has 1 aliphatic rings. The average molecular weight is 624 g/mol. The second kappa shape index (κ2) is 13.1. The van der Waals surface area contributed by atoms with E-state index in [4.69, 9.17) is 12.2 Å². The number of aromatic nitrogens is 3. The lowest BCUT2D eigenvalue weighted by Gasteiger charge is -2.20. The summed E-state index contributed by atoms with van der Waals surface area (Å²) in [7, 11) is 0. The summed E-state index contributed by atoms with van der Waals surface area (Å²) in [6.45, 7) is 4.13. The van der Waals surface area contributed by atoms with Crippen LogP contribution in [0.15, 0.2) is 78.0 Å². The van der Waals surface area contributed by atoms with E-state index in [-0.39, 0.29) is 11.7 Å². The van der Waals surface area contributed by atoms with Crippen molar-refractivity contribution >= 4 is 45.7 Å². The molecule has 1 aromatic heterocycles. The van der Waals surface area contributed by atoms with Crippen LogP contribution in [0.5, 0.6) is 5.75 Å². The summed E-state index contributed by atoms with van der Waals surface area (Å²) in [5, 5.41) is 5.07. The van der Waals surface area contributed by atoms with Crippen molar-refractivity contribution in [3.05, 3.63) is 89.7 Å². The fraction of sp³-hybridized carbons (Fsp3) is 0.258. The highest BCUT2D eigenvalue weighted by Gasteiger charge is 2.32. The van der Waals surface area contributed by atoms with Crippen molar-refractivity contribution in [3.8, 4) is 22.8 Å². The van der Waals surface area contributed by atoms with Crippen LogP contribution < -0.4 is 9.64 Å². The largest absolute Gasteiger partial charge is 0.573 e. The van der Waals surface area contributed by atoms with Crippen LogP contribution >= 0.6 is 24.0 Å². The highest BCUT2D eigenvalue weighted by molar-refractivity contribution is 8.15. The van der Waals surface area contributed by atoms with Crippen molar-refractivity contribution in [3.63, 3.8) is 0 Å². The molecule has 5 rings (SSSR count). The van der Waals surface area contributed by atoms with Crippen LogP contribution in [0.3, 0.4) is 0 Å². The number of carbonyl (C=O) groups excluding carboxylic acids is 1. The number of rotatable bonds is 9. The number of carbonyl (C=O) groups is 1. The van der Waals surface area contributed by atoms with Crippen LogP contribution in [0, 0.1) is 6.92 Å². The summed E-state index contributed by atoms with van der Waals surface area (Å²) in [6, 6.07) is 19.3. The van der Waals surface area contributed by atoms with Gasteiger partial charge in [0.1, 0.15) is 17.1 Å². The minimum atomic E-state index is -4.75. The molecule has 43 heavy (non-hydrogen) atoms. The summed E-state index contributed by atoms with van der Waals surface area (Å²) in [5.74, 6) is 0.516. The number of aryl methyl sites for hydroxylation is 3. The summed E-state index contributed by atoms with van der Waals surface area (Å²) in [4.78, 5) is 24.1. The topological polar surface area (TPSA) is 72.6 Å². The van der Waals surface area contributed by atoms with Crippen molar-refractivity contribution in [1.82, 2.24) is 14.8 Å². The van der Waals surface area contributed by atoms with Gasteiger partial charge in [-0.1, -0.05) is 73.7 Å². The molecule has 1 amide bonds. The van der Waals surface area contributed by atoms with Crippen molar-refractivity contribution in [2.75, 3.05) is 10.7 Å². The van der Waals surface area contributed by atoms with Crippen LogP contribution in [0.1, 0.15) is 36.5 Å². The summed E-state index contributed by atoms with van der Waals surface area (Å²) < 4.78 is 42.6. The Labute approximate surface area is 256 Å². The van der Waals surface area contributed by atoms with E-state index in [1.165, 1.54) is 47.0 Å². The normalized spacial score (nSPS) is 14.5. The highest BCUT2D eigenvalue weighted by atomic mass is 32.2. The molecule has 0 atom stereocenters.